The van der Waals surface area contributed by atoms with Gasteiger partial charge in [0, 0.05) is 16.3 Å². The van der Waals surface area contributed by atoms with E-state index >= 15 is 0 Å². The Labute approximate surface area is 168 Å². The van der Waals surface area contributed by atoms with Gasteiger partial charge in [-0.25, -0.2) is 4.39 Å². The van der Waals surface area contributed by atoms with Crippen molar-refractivity contribution in [3.05, 3.63) is 75.8 Å². The van der Waals surface area contributed by atoms with Gasteiger partial charge in [-0.15, -0.1) is 0 Å². The predicted molar refractivity (Wildman–Crippen MR) is 113 cm³/mol. The maximum absolute atomic E-state index is 13.9. The van der Waals surface area contributed by atoms with Crippen molar-refractivity contribution < 1.29 is 4.39 Å². The lowest BCUT2D eigenvalue weighted by atomic mass is 10.2. The van der Waals surface area contributed by atoms with E-state index in [2.05, 4.69) is 15.7 Å². The third-order valence-corrected chi connectivity index (χ3v) is 4.79. The number of halogens is 2. The summed E-state index contributed by atoms with van der Waals surface area (Å²) in [7, 11) is 0. The average molecular weight is 403 g/mol. The van der Waals surface area contributed by atoms with E-state index < -0.39 is 0 Å². The second-order valence-electron chi connectivity index (χ2n) is 6.33. The van der Waals surface area contributed by atoms with E-state index in [0.717, 1.165) is 28.3 Å². The van der Waals surface area contributed by atoms with Crippen molar-refractivity contribution >= 4 is 40.3 Å². The van der Waals surface area contributed by atoms with Gasteiger partial charge < -0.3 is 10.6 Å². The minimum atomic E-state index is -0.242. The molecule has 0 radical (unpaired) electrons. The summed E-state index contributed by atoms with van der Waals surface area (Å²) < 4.78 is 15.7. The molecule has 7 heteroatoms. The van der Waals surface area contributed by atoms with Crippen LogP contribution in [0.5, 0.6) is 0 Å². The van der Waals surface area contributed by atoms with Crippen LogP contribution in [0.3, 0.4) is 0 Å². The molecule has 0 spiro atoms. The summed E-state index contributed by atoms with van der Waals surface area (Å²) in [5, 5.41) is 11.9. The molecule has 4 nitrogen and oxygen atoms in total. The van der Waals surface area contributed by atoms with Crippen LogP contribution in [-0.2, 0) is 6.54 Å². The van der Waals surface area contributed by atoms with Gasteiger partial charge >= 0.3 is 0 Å². The van der Waals surface area contributed by atoms with Crippen molar-refractivity contribution in [2.24, 2.45) is 0 Å². The number of hydrogen-bond acceptors (Lipinski definition) is 2. The highest BCUT2D eigenvalue weighted by Crippen LogP contribution is 2.23. The third kappa shape index (κ3) is 4.46. The van der Waals surface area contributed by atoms with Gasteiger partial charge in [0.15, 0.2) is 5.11 Å². The molecule has 1 heterocycles. The van der Waals surface area contributed by atoms with Gasteiger partial charge in [-0.3, -0.25) is 4.68 Å². The summed E-state index contributed by atoms with van der Waals surface area (Å²) in [5.41, 5.74) is 4.94. The zero-order valence-corrected chi connectivity index (χ0v) is 16.9. The van der Waals surface area contributed by atoms with Crippen molar-refractivity contribution in [2.45, 2.75) is 27.3 Å². The van der Waals surface area contributed by atoms with E-state index in [1.54, 1.807) is 16.8 Å². The first kappa shape index (κ1) is 19.3. The van der Waals surface area contributed by atoms with E-state index in [1.165, 1.54) is 6.07 Å². The van der Waals surface area contributed by atoms with E-state index in [1.807, 2.05) is 45.0 Å². The number of nitrogens with zero attached hydrogens (tertiary/aromatic N) is 2. The Bertz CT molecular complexity index is 1000. The highest BCUT2D eigenvalue weighted by atomic mass is 35.5. The van der Waals surface area contributed by atoms with Gasteiger partial charge in [0.05, 0.1) is 23.6 Å². The lowest BCUT2D eigenvalue weighted by Crippen LogP contribution is -2.20. The fraction of sp³-hybridized carbons (Fsp3) is 0.200. The quantitative estimate of drug-likeness (QED) is 0.569. The fourth-order valence-electron chi connectivity index (χ4n) is 2.82. The Morgan fingerprint density at radius 2 is 1.89 bits per heavy atom. The number of thiocarbonyl (C=S) groups is 1. The monoisotopic (exact) mass is 402 g/mol. The molecule has 2 N–H and O–H groups in total. The van der Waals surface area contributed by atoms with Gasteiger partial charge in [0.25, 0.3) is 0 Å². The third-order valence-electron chi connectivity index (χ3n) is 4.35. The molecule has 0 aliphatic heterocycles. The van der Waals surface area contributed by atoms with Gasteiger partial charge in [0.1, 0.15) is 5.82 Å². The largest absolute Gasteiger partial charge is 0.332 e. The molecule has 0 aliphatic rings. The van der Waals surface area contributed by atoms with E-state index in [4.69, 9.17) is 23.8 Å². The van der Waals surface area contributed by atoms with E-state index in [0.29, 0.717) is 22.2 Å². The Morgan fingerprint density at radius 1 is 1.15 bits per heavy atom. The maximum atomic E-state index is 13.9. The van der Waals surface area contributed by atoms with Crippen molar-refractivity contribution in [1.29, 1.82) is 0 Å². The molecule has 27 heavy (non-hydrogen) atoms. The van der Waals surface area contributed by atoms with Gasteiger partial charge in [-0.2, -0.15) is 5.10 Å². The highest BCUT2D eigenvalue weighted by Gasteiger charge is 2.14. The summed E-state index contributed by atoms with van der Waals surface area (Å²) in [4.78, 5) is 0. The molecule has 140 valence electrons. The number of nitrogens with one attached hydrogen (secondary N) is 2. The highest BCUT2D eigenvalue weighted by molar-refractivity contribution is 7.80. The fourth-order valence-corrected chi connectivity index (χ4v) is 3.20. The predicted octanol–water partition coefficient (Wildman–Crippen LogP) is 5.46. The molecule has 3 rings (SSSR count). The molecule has 0 saturated heterocycles. The minimum Gasteiger partial charge on any atom is -0.332 e. The number of aryl methyl sites for hydroxylation is 2. The standard InChI is InChI=1S/C20H20ClFN4S/c1-12-8-9-16(21)10-18(12)23-20(27)24-19-13(2)25-26(14(19)3)11-15-6-4-5-7-17(15)22/h4-10H,11H2,1-3H3,(H2,23,24,27). The van der Waals surface area contributed by atoms with Crippen LogP contribution < -0.4 is 10.6 Å². The minimum absolute atomic E-state index is 0.242. The molecule has 0 atom stereocenters. The molecule has 0 unspecified atom stereocenters. The van der Waals surface area contributed by atoms with Gasteiger partial charge in [-0.05, 0) is 56.8 Å². The topological polar surface area (TPSA) is 41.9 Å². The van der Waals surface area contributed by atoms with Crippen LogP contribution in [0, 0.1) is 26.6 Å². The van der Waals surface area contributed by atoms with Crippen LogP contribution in [0.4, 0.5) is 15.8 Å². The zero-order chi connectivity index (χ0) is 19.6. The van der Waals surface area contributed by atoms with Crippen LogP contribution in [0.2, 0.25) is 5.02 Å². The molecule has 0 amide bonds. The van der Waals surface area contributed by atoms with Crippen molar-refractivity contribution in [3.63, 3.8) is 0 Å². The van der Waals surface area contributed by atoms with Crippen LogP contribution in [0.15, 0.2) is 42.5 Å². The Hall–Kier alpha value is -2.44. The number of aromatic nitrogens is 2. The Kier molecular flexibility index (Phi) is 5.77. The van der Waals surface area contributed by atoms with Crippen molar-refractivity contribution in [2.75, 3.05) is 10.6 Å². The second kappa shape index (κ2) is 8.06. The van der Waals surface area contributed by atoms with Gasteiger partial charge in [0.2, 0.25) is 0 Å². The summed E-state index contributed by atoms with van der Waals surface area (Å²) in [5.74, 6) is -0.242. The SMILES string of the molecule is Cc1ccc(Cl)cc1NC(=S)Nc1c(C)nn(Cc2ccccc2F)c1C. The van der Waals surface area contributed by atoms with Gasteiger partial charge in [-0.1, -0.05) is 35.9 Å². The van der Waals surface area contributed by atoms with E-state index in [-0.39, 0.29) is 5.82 Å². The lowest BCUT2D eigenvalue weighted by molar-refractivity contribution is 0.579. The molecule has 0 bridgehead atoms. The molecular weight excluding hydrogens is 383 g/mol. The first-order valence-corrected chi connectivity index (χ1v) is 9.25. The molecule has 0 aliphatic carbocycles. The molecule has 0 saturated carbocycles. The Balaban J connectivity index is 1.77. The first-order valence-electron chi connectivity index (χ1n) is 8.46. The van der Waals surface area contributed by atoms with E-state index in [9.17, 15) is 4.39 Å². The summed E-state index contributed by atoms with van der Waals surface area (Å²) in [6, 6.07) is 12.3. The number of anilines is 2. The van der Waals surface area contributed by atoms with Crippen LogP contribution in [-0.4, -0.2) is 14.9 Å². The van der Waals surface area contributed by atoms with Crippen LogP contribution in [0.1, 0.15) is 22.5 Å². The molecular formula is C20H20ClFN4S. The molecule has 3 aromatic rings. The van der Waals surface area contributed by atoms with Crippen LogP contribution >= 0.6 is 23.8 Å². The number of rotatable bonds is 4. The summed E-state index contributed by atoms with van der Waals surface area (Å²) in [6.45, 7) is 6.15. The first-order chi connectivity index (χ1) is 12.8. The zero-order valence-electron chi connectivity index (χ0n) is 15.3. The number of hydrogen-bond donors (Lipinski definition) is 2. The van der Waals surface area contributed by atoms with Crippen molar-refractivity contribution in [3.8, 4) is 0 Å². The maximum Gasteiger partial charge on any atom is 0.175 e. The summed E-state index contributed by atoms with van der Waals surface area (Å²) in [6.07, 6.45) is 0. The average Bonchev–Trinajstić information content (AvgIpc) is 2.87. The van der Waals surface area contributed by atoms with Crippen LogP contribution in [0.25, 0.3) is 0 Å². The summed E-state index contributed by atoms with van der Waals surface area (Å²) >= 11 is 11.5. The number of benzene rings is 2. The normalized spacial score (nSPS) is 10.7. The molecule has 1 aromatic heterocycles. The second-order valence-corrected chi connectivity index (χ2v) is 7.18. The smallest absolute Gasteiger partial charge is 0.175 e. The molecule has 2 aromatic carbocycles. The lowest BCUT2D eigenvalue weighted by Gasteiger charge is -2.13. The van der Waals surface area contributed by atoms with Crippen molar-refractivity contribution in [1.82, 2.24) is 9.78 Å². The molecule has 0 fully saturated rings. The Morgan fingerprint density at radius 3 is 2.63 bits per heavy atom.